The number of nitrogens with one attached hydrogen (secondary N) is 1. The van der Waals surface area contributed by atoms with E-state index in [1.54, 1.807) is 25.3 Å². The highest BCUT2D eigenvalue weighted by atomic mass is 16.5. The third-order valence-electron chi connectivity index (χ3n) is 3.41. The van der Waals surface area contributed by atoms with Crippen molar-refractivity contribution in [1.29, 1.82) is 0 Å². The summed E-state index contributed by atoms with van der Waals surface area (Å²) in [5.41, 5.74) is 7.93. The highest BCUT2D eigenvalue weighted by Crippen LogP contribution is 2.27. The Bertz CT molecular complexity index is 686. The zero-order valence-electron chi connectivity index (χ0n) is 13.6. The van der Waals surface area contributed by atoms with Gasteiger partial charge in [-0.05, 0) is 49.2 Å². The van der Waals surface area contributed by atoms with Gasteiger partial charge in [-0.25, -0.2) is 0 Å². The van der Waals surface area contributed by atoms with Gasteiger partial charge in [-0.2, -0.15) is 0 Å². The molecule has 0 fully saturated rings. The predicted molar refractivity (Wildman–Crippen MR) is 91.9 cm³/mol. The quantitative estimate of drug-likeness (QED) is 0.802. The van der Waals surface area contributed by atoms with Gasteiger partial charge in [0.15, 0.2) is 6.10 Å². The van der Waals surface area contributed by atoms with Crippen LogP contribution in [0.3, 0.4) is 0 Å². The van der Waals surface area contributed by atoms with E-state index in [-0.39, 0.29) is 5.91 Å². The van der Waals surface area contributed by atoms with Crippen molar-refractivity contribution in [2.24, 2.45) is 0 Å². The van der Waals surface area contributed by atoms with Crippen LogP contribution in [-0.2, 0) is 4.79 Å². The Balaban J connectivity index is 2.13. The van der Waals surface area contributed by atoms with Gasteiger partial charge in [0.05, 0.1) is 12.8 Å². The van der Waals surface area contributed by atoms with Crippen LogP contribution in [0, 0.1) is 6.92 Å². The summed E-state index contributed by atoms with van der Waals surface area (Å²) >= 11 is 0. The minimum absolute atomic E-state index is 0.238. The zero-order valence-corrected chi connectivity index (χ0v) is 13.6. The summed E-state index contributed by atoms with van der Waals surface area (Å²) in [6, 6.07) is 12.7. The molecule has 0 aliphatic carbocycles. The second-order valence-electron chi connectivity index (χ2n) is 5.28. The first-order chi connectivity index (χ1) is 11.0. The fraction of sp³-hybridized carbons (Fsp3) is 0.278. The second-order valence-corrected chi connectivity index (χ2v) is 5.28. The number of benzene rings is 2. The monoisotopic (exact) mass is 314 g/mol. The van der Waals surface area contributed by atoms with Crippen molar-refractivity contribution >= 4 is 17.3 Å². The van der Waals surface area contributed by atoms with E-state index in [4.69, 9.17) is 15.2 Å². The molecule has 122 valence electrons. The van der Waals surface area contributed by atoms with Crippen molar-refractivity contribution in [2.75, 3.05) is 18.2 Å². The van der Waals surface area contributed by atoms with E-state index in [1.165, 1.54) is 0 Å². The smallest absolute Gasteiger partial charge is 0.265 e. The third kappa shape index (κ3) is 4.39. The number of hydrogen-bond acceptors (Lipinski definition) is 4. The maximum atomic E-state index is 12.5. The predicted octanol–water partition coefficient (Wildman–Crippen LogP) is 3.38. The topological polar surface area (TPSA) is 73.6 Å². The summed E-state index contributed by atoms with van der Waals surface area (Å²) in [5, 5.41) is 2.82. The molecule has 2 rings (SSSR count). The minimum atomic E-state index is -0.595. The maximum absolute atomic E-state index is 12.5. The number of rotatable bonds is 6. The van der Waals surface area contributed by atoms with Crippen LogP contribution in [0.25, 0.3) is 0 Å². The number of hydrogen-bond donors (Lipinski definition) is 2. The van der Waals surface area contributed by atoms with Gasteiger partial charge in [0.25, 0.3) is 5.91 Å². The summed E-state index contributed by atoms with van der Waals surface area (Å²) in [7, 11) is 1.54. The number of carbonyl (C=O) groups is 1. The molecular formula is C18H22N2O3. The Kier molecular flexibility index (Phi) is 5.46. The number of amides is 1. The summed E-state index contributed by atoms with van der Waals surface area (Å²) in [6.45, 7) is 3.88. The van der Waals surface area contributed by atoms with Gasteiger partial charge >= 0.3 is 0 Å². The molecule has 0 saturated carbocycles. The van der Waals surface area contributed by atoms with Gasteiger partial charge in [-0.15, -0.1) is 0 Å². The Labute approximate surface area is 136 Å². The first-order valence-corrected chi connectivity index (χ1v) is 7.51. The van der Waals surface area contributed by atoms with Crippen LogP contribution in [0.15, 0.2) is 42.5 Å². The lowest BCUT2D eigenvalue weighted by molar-refractivity contribution is -0.122. The third-order valence-corrected chi connectivity index (χ3v) is 3.41. The highest BCUT2D eigenvalue weighted by molar-refractivity contribution is 5.96. The SMILES string of the molecule is CC[C@H](Oc1cccc(C)c1)C(=O)Nc1cc(N)ccc1OC. The molecule has 0 aliphatic heterocycles. The lowest BCUT2D eigenvalue weighted by atomic mass is 10.2. The molecule has 0 saturated heterocycles. The molecule has 3 N–H and O–H groups in total. The summed E-state index contributed by atoms with van der Waals surface area (Å²) < 4.78 is 11.0. The van der Waals surface area contributed by atoms with E-state index < -0.39 is 6.10 Å². The number of aryl methyl sites for hydroxylation is 1. The van der Waals surface area contributed by atoms with Crippen molar-refractivity contribution in [3.05, 3.63) is 48.0 Å². The fourth-order valence-electron chi connectivity index (χ4n) is 2.21. The molecule has 0 spiro atoms. The summed E-state index contributed by atoms with van der Waals surface area (Å²) in [5.74, 6) is 0.988. The summed E-state index contributed by atoms with van der Waals surface area (Å²) in [6.07, 6.45) is -0.0485. The van der Waals surface area contributed by atoms with Crippen LogP contribution < -0.4 is 20.5 Å². The normalized spacial score (nSPS) is 11.6. The average Bonchev–Trinajstić information content (AvgIpc) is 2.53. The number of carbonyl (C=O) groups excluding carboxylic acids is 1. The largest absolute Gasteiger partial charge is 0.495 e. The van der Waals surface area contributed by atoms with Crippen molar-refractivity contribution in [3.8, 4) is 11.5 Å². The molecule has 0 aromatic heterocycles. The minimum Gasteiger partial charge on any atom is -0.495 e. The Hall–Kier alpha value is -2.69. The molecule has 2 aromatic rings. The van der Waals surface area contributed by atoms with Crippen LogP contribution in [0.4, 0.5) is 11.4 Å². The van der Waals surface area contributed by atoms with Crippen LogP contribution >= 0.6 is 0 Å². The highest BCUT2D eigenvalue weighted by Gasteiger charge is 2.20. The van der Waals surface area contributed by atoms with E-state index >= 15 is 0 Å². The average molecular weight is 314 g/mol. The molecule has 5 nitrogen and oxygen atoms in total. The Morgan fingerprint density at radius 2 is 2.04 bits per heavy atom. The number of methoxy groups -OCH3 is 1. The lowest BCUT2D eigenvalue weighted by Crippen LogP contribution is -2.32. The van der Waals surface area contributed by atoms with Gasteiger partial charge in [0.1, 0.15) is 11.5 Å². The molecule has 2 aromatic carbocycles. The molecule has 5 heteroatoms. The number of nitrogen functional groups attached to an aromatic ring is 1. The number of anilines is 2. The molecule has 0 heterocycles. The number of ether oxygens (including phenoxy) is 2. The van der Waals surface area contributed by atoms with E-state index in [0.29, 0.717) is 29.3 Å². The molecule has 1 amide bonds. The van der Waals surface area contributed by atoms with Crippen molar-refractivity contribution < 1.29 is 14.3 Å². The Morgan fingerprint density at radius 1 is 1.26 bits per heavy atom. The van der Waals surface area contributed by atoms with Crippen molar-refractivity contribution in [2.45, 2.75) is 26.4 Å². The van der Waals surface area contributed by atoms with Gasteiger partial charge in [0.2, 0.25) is 0 Å². The molecule has 0 aliphatic rings. The molecule has 1 atom stereocenters. The molecule has 0 radical (unpaired) electrons. The van der Waals surface area contributed by atoms with Gasteiger partial charge in [-0.1, -0.05) is 19.1 Å². The maximum Gasteiger partial charge on any atom is 0.265 e. The van der Waals surface area contributed by atoms with Gasteiger partial charge < -0.3 is 20.5 Å². The summed E-state index contributed by atoms with van der Waals surface area (Å²) in [4.78, 5) is 12.5. The zero-order chi connectivity index (χ0) is 16.8. The first-order valence-electron chi connectivity index (χ1n) is 7.51. The van der Waals surface area contributed by atoms with E-state index in [2.05, 4.69) is 5.32 Å². The Morgan fingerprint density at radius 3 is 2.70 bits per heavy atom. The number of nitrogens with two attached hydrogens (primary N) is 1. The van der Waals surface area contributed by atoms with Gasteiger partial charge in [0, 0.05) is 5.69 Å². The van der Waals surface area contributed by atoms with Crippen molar-refractivity contribution in [3.63, 3.8) is 0 Å². The fourth-order valence-corrected chi connectivity index (χ4v) is 2.21. The molecular weight excluding hydrogens is 292 g/mol. The molecule has 0 unspecified atom stereocenters. The van der Waals surface area contributed by atoms with E-state index in [9.17, 15) is 4.79 Å². The second kappa shape index (κ2) is 7.54. The van der Waals surface area contributed by atoms with E-state index in [1.807, 2.05) is 38.1 Å². The lowest BCUT2D eigenvalue weighted by Gasteiger charge is -2.18. The van der Waals surface area contributed by atoms with Crippen molar-refractivity contribution in [1.82, 2.24) is 0 Å². The first kappa shape index (κ1) is 16.7. The van der Waals surface area contributed by atoms with E-state index in [0.717, 1.165) is 5.56 Å². The van der Waals surface area contributed by atoms with Gasteiger partial charge in [-0.3, -0.25) is 4.79 Å². The van der Waals surface area contributed by atoms with Crippen LogP contribution in [-0.4, -0.2) is 19.1 Å². The molecule has 23 heavy (non-hydrogen) atoms. The van der Waals surface area contributed by atoms with Crippen LogP contribution in [0.5, 0.6) is 11.5 Å². The van der Waals surface area contributed by atoms with Crippen LogP contribution in [0.2, 0.25) is 0 Å². The standard InChI is InChI=1S/C18H22N2O3/c1-4-16(23-14-7-5-6-12(2)10-14)18(21)20-15-11-13(19)8-9-17(15)22-3/h5-11,16H,4,19H2,1-3H3,(H,20,21)/t16-/m0/s1. The molecule has 0 bridgehead atoms. The van der Waals surface area contributed by atoms with Crippen LogP contribution in [0.1, 0.15) is 18.9 Å².